The molecule has 1 aromatic heterocycles. The first kappa shape index (κ1) is 9.57. The predicted molar refractivity (Wildman–Crippen MR) is 50.7 cm³/mol. The monoisotopic (exact) mass is 182 g/mol. The molecule has 0 aliphatic carbocycles. The second kappa shape index (κ2) is 3.93. The number of hydrogen-bond acceptors (Lipinski definition) is 2. The fraction of sp³-hybridized carbons (Fsp3) is 0.500. The summed E-state index contributed by atoms with van der Waals surface area (Å²) in [6.07, 6.45) is 2.59. The number of rotatable bonds is 2. The third-order valence-corrected chi connectivity index (χ3v) is 1.72. The van der Waals surface area contributed by atoms with Gasteiger partial charge in [0.15, 0.2) is 0 Å². The highest BCUT2D eigenvalue weighted by atomic mass is 16.2. The molecule has 2 N–H and O–H groups in total. The predicted octanol–water partition coefficient (Wildman–Crippen LogP) is 0.734. The van der Waals surface area contributed by atoms with Crippen LogP contribution < -0.4 is 10.6 Å². The van der Waals surface area contributed by atoms with E-state index in [1.165, 1.54) is 0 Å². The van der Waals surface area contributed by atoms with Crippen LogP contribution in [0.3, 0.4) is 0 Å². The summed E-state index contributed by atoms with van der Waals surface area (Å²) in [5, 5.41) is 9.38. The van der Waals surface area contributed by atoms with E-state index in [1.807, 2.05) is 14.0 Å². The van der Waals surface area contributed by atoms with Crippen LogP contribution in [0.5, 0.6) is 0 Å². The van der Waals surface area contributed by atoms with Gasteiger partial charge in [-0.1, -0.05) is 6.92 Å². The van der Waals surface area contributed by atoms with E-state index in [4.69, 9.17) is 0 Å². The molecule has 0 bridgehead atoms. The van der Waals surface area contributed by atoms with Crippen molar-refractivity contribution in [3.63, 3.8) is 0 Å². The maximum absolute atomic E-state index is 11.0. The number of carbonyl (C=O) groups excluding carboxylic acids is 1. The van der Waals surface area contributed by atoms with Crippen molar-refractivity contribution in [3.05, 3.63) is 11.9 Å². The average Bonchev–Trinajstić information content (AvgIpc) is 2.46. The first-order valence-electron chi connectivity index (χ1n) is 4.18. The fourth-order valence-corrected chi connectivity index (χ4v) is 1.08. The zero-order chi connectivity index (χ0) is 9.84. The van der Waals surface area contributed by atoms with E-state index in [0.29, 0.717) is 0 Å². The summed E-state index contributed by atoms with van der Waals surface area (Å²) in [4.78, 5) is 11.0. The van der Waals surface area contributed by atoms with Crippen LogP contribution in [0.25, 0.3) is 0 Å². The summed E-state index contributed by atoms with van der Waals surface area (Å²) in [5.74, 6) is 0. The van der Waals surface area contributed by atoms with Crippen LogP contribution in [0.1, 0.15) is 12.6 Å². The zero-order valence-corrected chi connectivity index (χ0v) is 8.09. The minimum absolute atomic E-state index is 0.220. The number of carbonyl (C=O) groups is 1. The highest BCUT2D eigenvalue weighted by Gasteiger charge is 2.07. The smallest absolute Gasteiger partial charge is 0.319 e. The van der Waals surface area contributed by atoms with Gasteiger partial charge in [-0.25, -0.2) is 4.79 Å². The number of urea groups is 1. The van der Waals surface area contributed by atoms with E-state index >= 15 is 0 Å². The molecule has 5 heteroatoms. The summed E-state index contributed by atoms with van der Waals surface area (Å²) in [7, 11) is 3.41. The van der Waals surface area contributed by atoms with Crippen molar-refractivity contribution < 1.29 is 4.79 Å². The van der Waals surface area contributed by atoms with Gasteiger partial charge in [-0.15, -0.1) is 0 Å². The third-order valence-electron chi connectivity index (χ3n) is 1.72. The SMILES string of the molecule is CCc1nn(C)cc1NC(=O)NC. The number of nitrogens with one attached hydrogen (secondary N) is 2. The minimum Gasteiger partial charge on any atom is -0.341 e. The molecule has 13 heavy (non-hydrogen) atoms. The Kier molecular flexibility index (Phi) is 2.89. The summed E-state index contributed by atoms with van der Waals surface area (Å²) in [6, 6.07) is -0.220. The molecular formula is C8H14N4O. The first-order chi connectivity index (χ1) is 6.17. The zero-order valence-electron chi connectivity index (χ0n) is 8.09. The topological polar surface area (TPSA) is 59.0 Å². The van der Waals surface area contributed by atoms with Crippen LogP contribution >= 0.6 is 0 Å². The van der Waals surface area contributed by atoms with Crippen LogP contribution in [0, 0.1) is 0 Å². The molecule has 5 nitrogen and oxygen atoms in total. The Morgan fingerprint density at radius 3 is 2.92 bits per heavy atom. The molecule has 0 saturated carbocycles. The normalized spacial score (nSPS) is 9.77. The van der Waals surface area contributed by atoms with Crippen molar-refractivity contribution in [2.75, 3.05) is 12.4 Å². The summed E-state index contributed by atoms with van der Waals surface area (Å²) in [5.41, 5.74) is 1.66. The van der Waals surface area contributed by atoms with Crippen molar-refractivity contribution in [2.24, 2.45) is 7.05 Å². The molecule has 0 saturated heterocycles. The molecular weight excluding hydrogens is 168 g/mol. The standard InChI is InChI=1S/C8H14N4O/c1-4-6-7(5-12(3)11-6)10-8(13)9-2/h5H,4H2,1-3H3,(H2,9,10,13). The van der Waals surface area contributed by atoms with Crippen molar-refractivity contribution in [1.82, 2.24) is 15.1 Å². The number of nitrogens with zero attached hydrogens (tertiary/aromatic N) is 2. The molecule has 0 aliphatic rings. The van der Waals surface area contributed by atoms with Crippen LogP contribution in [0.15, 0.2) is 6.20 Å². The molecule has 0 radical (unpaired) electrons. The summed E-state index contributed by atoms with van der Waals surface area (Å²) in [6.45, 7) is 2.00. The van der Waals surface area contributed by atoms with E-state index in [-0.39, 0.29) is 6.03 Å². The van der Waals surface area contributed by atoms with Crippen molar-refractivity contribution in [2.45, 2.75) is 13.3 Å². The van der Waals surface area contributed by atoms with E-state index in [9.17, 15) is 4.79 Å². The second-order valence-corrected chi connectivity index (χ2v) is 2.72. The van der Waals surface area contributed by atoms with Gasteiger partial charge in [0.25, 0.3) is 0 Å². The molecule has 0 aromatic carbocycles. The molecule has 0 unspecified atom stereocenters. The number of aromatic nitrogens is 2. The molecule has 0 atom stereocenters. The molecule has 1 heterocycles. The Bertz CT molecular complexity index is 305. The van der Waals surface area contributed by atoms with E-state index in [2.05, 4.69) is 15.7 Å². The maximum atomic E-state index is 11.0. The highest BCUT2D eigenvalue weighted by molar-refractivity contribution is 5.89. The molecule has 1 rings (SSSR count). The Morgan fingerprint density at radius 1 is 1.69 bits per heavy atom. The molecule has 0 fully saturated rings. The lowest BCUT2D eigenvalue weighted by atomic mass is 10.3. The fourth-order valence-electron chi connectivity index (χ4n) is 1.08. The Hall–Kier alpha value is -1.52. The van der Waals surface area contributed by atoms with Crippen LogP contribution in [-0.4, -0.2) is 22.9 Å². The average molecular weight is 182 g/mol. The van der Waals surface area contributed by atoms with Gasteiger partial charge in [0.1, 0.15) is 0 Å². The van der Waals surface area contributed by atoms with E-state index in [1.54, 1.807) is 17.9 Å². The molecule has 0 aliphatic heterocycles. The van der Waals surface area contributed by atoms with Crippen LogP contribution in [0.4, 0.5) is 10.5 Å². The van der Waals surface area contributed by atoms with Crippen molar-refractivity contribution in [3.8, 4) is 0 Å². The van der Waals surface area contributed by atoms with Gasteiger partial charge in [0.05, 0.1) is 11.4 Å². The van der Waals surface area contributed by atoms with E-state index < -0.39 is 0 Å². The second-order valence-electron chi connectivity index (χ2n) is 2.72. The number of hydrogen-bond donors (Lipinski definition) is 2. The molecule has 72 valence electrons. The van der Waals surface area contributed by atoms with Gasteiger partial charge in [0, 0.05) is 20.3 Å². The maximum Gasteiger partial charge on any atom is 0.319 e. The number of amides is 2. The van der Waals surface area contributed by atoms with Gasteiger partial charge in [0.2, 0.25) is 0 Å². The highest BCUT2D eigenvalue weighted by Crippen LogP contribution is 2.12. The van der Waals surface area contributed by atoms with Crippen LogP contribution in [0.2, 0.25) is 0 Å². The van der Waals surface area contributed by atoms with Gasteiger partial charge >= 0.3 is 6.03 Å². The molecule has 2 amide bonds. The largest absolute Gasteiger partial charge is 0.341 e. The van der Waals surface area contributed by atoms with Gasteiger partial charge in [-0.2, -0.15) is 5.10 Å². The van der Waals surface area contributed by atoms with Gasteiger partial charge < -0.3 is 10.6 Å². The lowest BCUT2D eigenvalue weighted by molar-refractivity contribution is 0.254. The van der Waals surface area contributed by atoms with Crippen LogP contribution in [-0.2, 0) is 13.5 Å². The van der Waals surface area contributed by atoms with Gasteiger partial charge in [-0.05, 0) is 6.42 Å². The lowest BCUT2D eigenvalue weighted by Gasteiger charge is -2.01. The van der Waals surface area contributed by atoms with Gasteiger partial charge in [-0.3, -0.25) is 4.68 Å². The van der Waals surface area contributed by atoms with Crippen molar-refractivity contribution in [1.29, 1.82) is 0 Å². The Labute approximate surface area is 77.1 Å². The minimum atomic E-state index is -0.220. The molecule has 1 aromatic rings. The summed E-state index contributed by atoms with van der Waals surface area (Å²) < 4.78 is 1.68. The summed E-state index contributed by atoms with van der Waals surface area (Å²) >= 11 is 0. The first-order valence-corrected chi connectivity index (χ1v) is 4.18. The van der Waals surface area contributed by atoms with E-state index in [0.717, 1.165) is 17.8 Å². The quantitative estimate of drug-likeness (QED) is 0.708. The van der Waals surface area contributed by atoms with Crippen molar-refractivity contribution >= 4 is 11.7 Å². The Balaban J connectivity index is 2.80. The Morgan fingerprint density at radius 2 is 2.38 bits per heavy atom. The lowest BCUT2D eigenvalue weighted by Crippen LogP contribution is -2.24. The molecule has 0 spiro atoms. The number of anilines is 1. The number of aryl methyl sites for hydroxylation is 2. The third kappa shape index (κ3) is 2.21.